The van der Waals surface area contributed by atoms with Gasteiger partial charge < -0.3 is 9.64 Å². The van der Waals surface area contributed by atoms with Gasteiger partial charge in [-0.25, -0.2) is 9.18 Å². The summed E-state index contributed by atoms with van der Waals surface area (Å²) in [6.07, 6.45) is 5.57. The number of ether oxygens (including phenoxy) is 1. The number of carbonyl (C=O) groups excluding carboxylic acids is 2. The van der Waals surface area contributed by atoms with Gasteiger partial charge in [-0.15, -0.1) is 0 Å². The molecule has 1 saturated heterocycles. The summed E-state index contributed by atoms with van der Waals surface area (Å²) in [5, 5.41) is 2.35. The first-order chi connectivity index (χ1) is 14.9. The minimum absolute atomic E-state index is 0.0402. The normalized spacial score (nSPS) is 17.7. The molecule has 1 aliphatic heterocycles. The van der Waals surface area contributed by atoms with Gasteiger partial charge in [0.2, 0.25) is 5.91 Å². The summed E-state index contributed by atoms with van der Waals surface area (Å²) in [6, 6.07) is 4.87. The van der Waals surface area contributed by atoms with Gasteiger partial charge in [-0.2, -0.15) is 0 Å². The molecule has 1 aromatic carbocycles. The van der Waals surface area contributed by atoms with Crippen molar-refractivity contribution in [3.63, 3.8) is 0 Å². The Bertz CT molecular complexity index is 754. The lowest BCUT2D eigenvalue weighted by Gasteiger charge is -2.26. The monoisotopic (exact) mass is 434 g/mol. The Balaban J connectivity index is 1.37. The number of imide groups is 1. The van der Waals surface area contributed by atoms with Crippen molar-refractivity contribution in [3.8, 4) is 5.75 Å². The van der Waals surface area contributed by atoms with Crippen LogP contribution in [0.5, 0.6) is 5.75 Å². The van der Waals surface area contributed by atoms with Crippen molar-refractivity contribution in [3.05, 3.63) is 29.6 Å². The van der Waals surface area contributed by atoms with Gasteiger partial charge in [-0.1, -0.05) is 26.3 Å². The molecule has 3 N–H and O–H groups in total. The van der Waals surface area contributed by atoms with Crippen LogP contribution in [-0.4, -0.2) is 43.1 Å². The van der Waals surface area contributed by atoms with Crippen molar-refractivity contribution in [2.24, 2.45) is 11.8 Å². The molecular formula is C23H35FN4O3. The number of nitrogens with one attached hydrogen (secondary N) is 3. The average Bonchev–Trinajstić information content (AvgIpc) is 3.55. The van der Waals surface area contributed by atoms with E-state index in [1.807, 2.05) is 12.1 Å². The van der Waals surface area contributed by atoms with Crippen molar-refractivity contribution in [2.75, 3.05) is 26.2 Å². The fourth-order valence-electron chi connectivity index (χ4n) is 3.64. The van der Waals surface area contributed by atoms with Gasteiger partial charge in [0, 0.05) is 32.1 Å². The Hall–Kier alpha value is -2.19. The molecule has 1 aliphatic carbocycles. The van der Waals surface area contributed by atoms with Crippen LogP contribution >= 0.6 is 0 Å². The molecule has 0 radical (unpaired) electrons. The van der Waals surface area contributed by atoms with E-state index in [4.69, 9.17) is 4.74 Å². The highest BCUT2D eigenvalue weighted by molar-refractivity contribution is 5.96. The van der Waals surface area contributed by atoms with Gasteiger partial charge >= 0.3 is 6.03 Å². The molecule has 0 bridgehead atoms. The number of nitrogens with zero attached hydrogens (tertiary/aromatic N) is 1. The zero-order valence-electron chi connectivity index (χ0n) is 18.6. The van der Waals surface area contributed by atoms with Gasteiger partial charge in [0.15, 0.2) is 11.6 Å². The molecule has 3 amide bonds. The second-order valence-corrected chi connectivity index (χ2v) is 8.89. The Morgan fingerprint density at radius 1 is 1.23 bits per heavy atom. The fraction of sp³-hybridized carbons (Fsp3) is 0.652. The topological polar surface area (TPSA) is 82.7 Å². The standard InChI is InChI=1S/C23H35FN4O3/c1-16(2)22(18-8-9-19(24)20(14-18)31-15-17-6-7-17)27-25-11-4-3-5-12-28-13-10-21(29)26-23(28)30/h8-9,14,16-17,22,25,27H,3-7,10-13,15H2,1-2H3,(H,26,29,30). The summed E-state index contributed by atoms with van der Waals surface area (Å²) in [7, 11) is 0. The largest absolute Gasteiger partial charge is 0.490 e. The smallest absolute Gasteiger partial charge is 0.324 e. The zero-order chi connectivity index (χ0) is 22.2. The van der Waals surface area contributed by atoms with Gasteiger partial charge in [0.25, 0.3) is 0 Å². The van der Waals surface area contributed by atoms with Crippen LogP contribution in [-0.2, 0) is 4.79 Å². The number of unbranched alkanes of at least 4 members (excludes halogenated alkanes) is 2. The minimum Gasteiger partial charge on any atom is -0.490 e. The molecule has 0 spiro atoms. The maximum Gasteiger partial charge on any atom is 0.324 e. The van der Waals surface area contributed by atoms with E-state index in [-0.39, 0.29) is 23.8 Å². The van der Waals surface area contributed by atoms with Crippen LogP contribution in [0.2, 0.25) is 0 Å². The number of hydrogen-bond acceptors (Lipinski definition) is 5. The molecule has 31 heavy (non-hydrogen) atoms. The van der Waals surface area contributed by atoms with Crippen LogP contribution < -0.4 is 20.9 Å². The molecule has 2 fully saturated rings. The molecule has 172 valence electrons. The van der Waals surface area contributed by atoms with Crippen molar-refractivity contribution >= 4 is 11.9 Å². The molecule has 8 heteroatoms. The second-order valence-electron chi connectivity index (χ2n) is 8.89. The van der Waals surface area contributed by atoms with E-state index in [2.05, 4.69) is 30.0 Å². The molecule has 3 rings (SSSR count). The molecule has 1 heterocycles. The van der Waals surface area contributed by atoms with Crippen LogP contribution in [0.25, 0.3) is 0 Å². The highest BCUT2D eigenvalue weighted by atomic mass is 19.1. The van der Waals surface area contributed by atoms with Gasteiger partial charge in [0.1, 0.15) is 0 Å². The molecule has 0 aromatic heterocycles. The van der Waals surface area contributed by atoms with E-state index in [1.54, 1.807) is 4.90 Å². The molecule has 7 nitrogen and oxygen atoms in total. The van der Waals surface area contributed by atoms with E-state index in [0.29, 0.717) is 43.7 Å². The third-order valence-corrected chi connectivity index (χ3v) is 5.78. The number of urea groups is 1. The number of hydrogen-bond donors (Lipinski definition) is 3. The van der Waals surface area contributed by atoms with Crippen LogP contribution in [0.3, 0.4) is 0 Å². The summed E-state index contributed by atoms with van der Waals surface area (Å²) in [5.74, 6) is 0.719. The lowest BCUT2D eigenvalue weighted by molar-refractivity contribution is -0.121. The van der Waals surface area contributed by atoms with Crippen LogP contribution in [0.4, 0.5) is 9.18 Å². The number of benzene rings is 1. The quantitative estimate of drug-likeness (QED) is 0.327. The molecule has 1 atom stereocenters. The summed E-state index contributed by atoms with van der Waals surface area (Å²) in [6.45, 7) is 6.81. The minimum atomic E-state index is -0.313. The molecule has 2 aliphatic rings. The van der Waals surface area contributed by atoms with Crippen molar-refractivity contribution in [1.82, 2.24) is 21.1 Å². The van der Waals surface area contributed by atoms with Crippen molar-refractivity contribution < 1.29 is 18.7 Å². The van der Waals surface area contributed by atoms with Gasteiger partial charge in [-0.05, 0) is 55.2 Å². The number of hydrazine groups is 1. The molecule has 1 aromatic rings. The Morgan fingerprint density at radius 2 is 2.03 bits per heavy atom. The average molecular weight is 435 g/mol. The maximum absolute atomic E-state index is 14.1. The highest BCUT2D eigenvalue weighted by Crippen LogP contribution is 2.31. The number of amides is 3. The van der Waals surface area contributed by atoms with Crippen LogP contribution in [0.1, 0.15) is 64.0 Å². The van der Waals surface area contributed by atoms with Crippen LogP contribution in [0, 0.1) is 17.7 Å². The van der Waals surface area contributed by atoms with Crippen LogP contribution in [0.15, 0.2) is 18.2 Å². The molecular weight excluding hydrogens is 399 g/mol. The zero-order valence-corrected chi connectivity index (χ0v) is 18.6. The first-order valence-electron chi connectivity index (χ1n) is 11.4. The predicted octanol–water partition coefficient (Wildman–Crippen LogP) is 3.52. The Kier molecular flexibility index (Phi) is 8.66. The van der Waals surface area contributed by atoms with Gasteiger partial charge in [0.05, 0.1) is 6.61 Å². The van der Waals surface area contributed by atoms with E-state index in [0.717, 1.165) is 31.4 Å². The van der Waals surface area contributed by atoms with E-state index < -0.39 is 0 Å². The molecule has 1 saturated carbocycles. The highest BCUT2D eigenvalue weighted by Gasteiger charge is 2.24. The first-order valence-corrected chi connectivity index (χ1v) is 11.4. The fourth-order valence-corrected chi connectivity index (χ4v) is 3.64. The molecule has 1 unspecified atom stereocenters. The predicted molar refractivity (Wildman–Crippen MR) is 117 cm³/mol. The Labute approximate surface area is 184 Å². The third-order valence-electron chi connectivity index (χ3n) is 5.78. The first kappa shape index (κ1) is 23.5. The number of rotatable bonds is 13. The van der Waals surface area contributed by atoms with Crippen molar-refractivity contribution in [1.29, 1.82) is 0 Å². The van der Waals surface area contributed by atoms with E-state index in [9.17, 15) is 14.0 Å². The number of halogens is 1. The maximum atomic E-state index is 14.1. The van der Waals surface area contributed by atoms with Crippen molar-refractivity contribution in [2.45, 2.75) is 58.4 Å². The summed E-state index contributed by atoms with van der Waals surface area (Å²) >= 11 is 0. The SMILES string of the molecule is CC(C)C(NNCCCCCN1CCC(=O)NC1=O)c1ccc(F)c(OCC2CC2)c1. The third kappa shape index (κ3) is 7.47. The van der Waals surface area contributed by atoms with E-state index >= 15 is 0 Å². The lowest BCUT2D eigenvalue weighted by Crippen LogP contribution is -2.49. The van der Waals surface area contributed by atoms with Gasteiger partial charge in [-0.3, -0.25) is 21.0 Å². The second kappa shape index (κ2) is 11.4. The van der Waals surface area contributed by atoms with E-state index in [1.165, 1.54) is 18.9 Å². The summed E-state index contributed by atoms with van der Waals surface area (Å²) in [5.41, 5.74) is 7.66. The summed E-state index contributed by atoms with van der Waals surface area (Å²) in [4.78, 5) is 24.6. The Morgan fingerprint density at radius 3 is 2.74 bits per heavy atom. The number of carbonyl (C=O) groups is 2. The summed E-state index contributed by atoms with van der Waals surface area (Å²) < 4.78 is 19.8. The lowest BCUT2D eigenvalue weighted by atomic mass is 9.96.